The minimum absolute atomic E-state index is 0.0975. The van der Waals surface area contributed by atoms with E-state index >= 15 is 0 Å². The van der Waals surface area contributed by atoms with Crippen molar-refractivity contribution in [3.63, 3.8) is 0 Å². The van der Waals surface area contributed by atoms with Crippen LogP contribution in [0.1, 0.15) is 40.9 Å². The van der Waals surface area contributed by atoms with Crippen molar-refractivity contribution in [3.05, 3.63) is 76.9 Å². The first-order chi connectivity index (χ1) is 16.0. The summed E-state index contributed by atoms with van der Waals surface area (Å²) in [6.45, 7) is 2.00. The van der Waals surface area contributed by atoms with Crippen molar-refractivity contribution in [2.24, 2.45) is 5.10 Å². The van der Waals surface area contributed by atoms with E-state index in [1.807, 2.05) is 60.5 Å². The number of methoxy groups -OCH3 is 3. The third-order valence-electron chi connectivity index (χ3n) is 6.16. The number of hydrogen-bond donors (Lipinski definition) is 1. The standard InChI is InChI=1S/C26H26N2O5/c1-15-11-12-21(29)18(13-15)19-14-20-16-7-5-10-23(31-3)25(16)33-26(28(20)27-19)17-8-6-9-22(30-2)24(17)32-4/h5-13,20,26,29H,14H2,1-4H3. The second-order valence-electron chi connectivity index (χ2n) is 8.10. The van der Waals surface area contributed by atoms with Crippen LogP contribution >= 0.6 is 0 Å². The zero-order valence-electron chi connectivity index (χ0n) is 19.0. The molecule has 0 saturated heterocycles. The van der Waals surface area contributed by atoms with Crippen molar-refractivity contribution < 1.29 is 24.1 Å². The normalized spacial score (nSPS) is 18.7. The van der Waals surface area contributed by atoms with Gasteiger partial charge in [-0.3, -0.25) is 0 Å². The molecule has 7 heteroatoms. The van der Waals surface area contributed by atoms with Crippen molar-refractivity contribution in [3.8, 4) is 28.7 Å². The van der Waals surface area contributed by atoms with Crippen molar-refractivity contribution in [2.45, 2.75) is 25.6 Å². The molecule has 0 aliphatic carbocycles. The summed E-state index contributed by atoms with van der Waals surface area (Å²) in [5.74, 6) is 2.75. The first-order valence-electron chi connectivity index (χ1n) is 10.8. The molecule has 33 heavy (non-hydrogen) atoms. The van der Waals surface area contributed by atoms with Gasteiger partial charge in [0.25, 0.3) is 0 Å². The van der Waals surface area contributed by atoms with Gasteiger partial charge in [-0.1, -0.05) is 29.8 Å². The molecular formula is C26H26N2O5. The van der Waals surface area contributed by atoms with Gasteiger partial charge in [0, 0.05) is 17.5 Å². The molecule has 0 aromatic heterocycles. The molecule has 2 unspecified atom stereocenters. The van der Waals surface area contributed by atoms with Gasteiger partial charge >= 0.3 is 0 Å². The highest BCUT2D eigenvalue weighted by atomic mass is 16.5. The summed E-state index contributed by atoms with van der Waals surface area (Å²) in [6, 6.07) is 17.0. The van der Waals surface area contributed by atoms with Gasteiger partial charge in [0.1, 0.15) is 5.75 Å². The molecule has 3 aromatic carbocycles. The van der Waals surface area contributed by atoms with Crippen LogP contribution in [0.3, 0.4) is 0 Å². The maximum atomic E-state index is 10.6. The minimum Gasteiger partial charge on any atom is -0.507 e. The molecule has 7 nitrogen and oxygen atoms in total. The Hall–Kier alpha value is -3.87. The first-order valence-corrected chi connectivity index (χ1v) is 10.8. The van der Waals surface area contributed by atoms with Crippen LogP contribution in [0, 0.1) is 6.92 Å². The number of aryl methyl sites for hydroxylation is 1. The van der Waals surface area contributed by atoms with Crippen molar-refractivity contribution >= 4 is 5.71 Å². The molecule has 2 heterocycles. The van der Waals surface area contributed by atoms with E-state index in [4.69, 9.17) is 24.0 Å². The van der Waals surface area contributed by atoms with E-state index < -0.39 is 6.23 Å². The van der Waals surface area contributed by atoms with Crippen molar-refractivity contribution in [1.29, 1.82) is 0 Å². The number of phenolic OH excluding ortho intramolecular Hbond substituents is 1. The molecule has 0 bridgehead atoms. The summed E-state index contributed by atoms with van der Waals surface area (Å²) in [5, 5.41) is 17.4. The number of nitrogens with zero attached hydrogens (tertiary/aromatic N) is 2. The summed E-state index contributed by atoms with van der Waals surface area (Å²) in [7, 11) is 4.85. The molecule has 1 N–H and O–H groups in total. The molecule has 3 aromatic rings. The number of rotatable bonds is 5. The fraction of sp³-hybridized carbons (Fsp3) is 0.269. The van der Waals surface area contributed by atoms with Gasteiger partial charge < -0.3 is 24.1 Å². The smallest absolute Gasteiger partial charge is 0.217 e. The fourth-order valence-electron chi connectivity index (χ4n) is 4.60. The average molecular weight is 447 g/mol. The van der Waals surface area contributed by atoms with Crippen LogP contribution < -0.4 is 18.9 Å². The van der Waals surface area contributed by atoms with Crippen LogP contribution in [0.5, 0.6) is 28.7 Å². The van der Waals surface area contributed by atoms with Gasteiger partial charge in [-0.05, 0) is 37.3 Å². The van der Waals surface area contributed by atoms with Crippen LogP contribution in [-0.4, -0.2) is 37.2 Å². The van der Waals surface area contributed by atoms with Crippen LogP contribution in [0.15, 0.2) is 59.7 Å². The molecule has 2 aliphatic heterocycles. The third kappa shape index (κ3) is 3.40. The summed E-state index contributed by atoms with van der Waals surface area (Å²) in [6.07, 6.45) is 0.0388. The summed E-state index contributed by atoms with van der Waals surface area (Å²) >= 11 is 0. The molecule has 0 saturated carbocycles. The predicted octanol–water partition coefficient (Wildman–Crippen LogP) is 4.97. The molecule has 2 atom stereocenters. The van der Waals surface area contributed by atoms with Crippen LogP contribution in [-0.2, 0) is 0 Å². The maximum absolute atomic E-state index is 10.6. The van der Waals surface area contributed by atoms with E-state index in [1.54, 1.807) is 27.4 Å². The Morgan fingerprint density at radius 2 is 1.67 bits per heavy atom. The summed E-state index contributed by atoms with van der Waals surface area (Å²) in [5.41, 5.74) is 4.35. The largest absolute Gasteiger partial charge is 0.507 e. The van der Waals surface area contributed by atoms with E-state index in [0.29, 0.717) is 29.4 Å². The fourth-order valence-corrected chi connectivity index (χ4v) is 4.60. The molecule has 170 valence electrons. The van der Waals surface area contributed by atoms with Crippen molar-refractivity contribution in [2.75, 3.05) is 21.3 Å². The van der Waals surface area contributed by atoms with Gasteiger partial charge in [0.15, 0.2) is 23.0 Å². The second kappa shape index (κ2) is 8.24. The quantitative estimate of drug-likeness (QED) is 0.597. The maximum Gasteiger partial charge on any atom is 0.217 e. The molecule has 0 radical (unpaired) electrons. The van der Waals surface area contributed by atoms with Gasteiger partial charge in [-0.15, -0.1) is 0 Å². The van der Waals surface area contributed by atoms with E-state index in [0.717, 1.165) is 28.0 Å². The number of aromatic hydroxyl groups is 1. The highest BCUT2D eigenvalue weighted by Gasteiger charge is 2.43. The number of para-hydroxylation sites is 2. The minimum atomic E-state index is -0.576. The zero-order valence-corrected chi connectivity index (χ0v) is 19.0. The summed E-state index contributed by atoms with van der Waals surface area (Å²) in [4.78, 5) is 0. The monoisotopic (exact) mass is 446 g/mol. The lowest BCUT2D eigenvalue weighted by molar-refractivity contribution is -0.0223. The lowest BCUT2D eigenvalue weighted by Gasteiger charge is -2.39. The van der Waals surface area contributed by atoms with Crippen LogP contribution in [0.4, 0.5) is 0 Å². The van der Waals surface area contributed by atoms with Gasteiger partial charge in [-0.2, -0.15) is 5.10 Å². The SMILES string of the molecule is COc1cccc2c1OC(c1cccc(OC)c1OC)N1N=C(c3cc(C)ccc3O)CC21. The van der Waals surface area contributed by atoms with Crippen LogP contribution in [0.25, 0.3) is 0 Å². The lowest BCUT2D eigenvalue weighted by atomic mass is 9.94. The second-order valence-corrected chi connectivity index (χ2v) is 8.10. The Morgan fingerprint density at radius 1 is 0.939 bits per heavy atom. The number of hydrazone groups is 1. The Balaban J connectivity index is 1.68. The third-order valence-corrected chi connectivity index (χ3v) is 6.16. The van der Waals surface area contributed by atoms with Crippen LogP contribution in [0.2, 0.25) is 0 Å². The van der Waals surface area contributed by atoms with E-state index in [2.05, 4.69) is 0 Å². The van der Waals surface area contributed by atoms with E-state index in [1.165, 1.54) is 0 Å². The molecule has 5 rings (SSSR count). The van der Waals surface area contributed by atoms with E-state index in [9.17, 15) is 5.11 Å². The topological polar surface area (TPSA) is 72.8 Å². The lowest BCUT2D eigenvalue weighted by Crippen LogP contribution is -2.34. The Morgan fingerprint density at radius 3 is 2.39 bits per heavy atom. The highest BCUT2D eigenvalue weighted by molar-refractivity contribution is 6.04. The van der Waals surface area contributed by atoms with Gasteiger partial charge in [-0.25, -0.2) is 5.01 Å². The molecule has 0 amide bonds. The molecule has 0 spiro atoms. The number of benzene rings is 3. The molecule has 0 fully saturated rings. The number of hydrogen-bond acceptors (Lipinski definition) is 7. The Labute approximate surface area is 192 Å². The van der Waals surface area contributed by atoms with Crippen molar-refractivity contribution in [1.82, 2.24) is 5.01 Å². The Bertz CT molecular complexity index is 1240. The zero-order chi connectivity index (χ0) is 23.1. The van der Waals surface area contributed by atoms with E-state index in [-0.39, 0.29) is 11.8 Å². The van der Waals surface area contributed by atoms with Gasteiger partial charge in [0.2, 0.25) is 6.23 Å². The number of fused-ring (bicyclic) bond motifs is 3. The first kappa shape index (κ1) is 21.0. The molecule has 2 aliphatic rings. The summed E-state index contributed by atoms with van der Waals surface area (Å²) < 4.78 is 23.4. The highest BCUT2D eigenvalue weighted by Crippen LogP contribution is 2.52. The molecular weight excluding hydrogens is 420 g/mol. The number of ether oxygens (including phenoxy) is 4. The predicted molar refractivity (Wildman–Crippen MR) is 124 cm³/mol. The van der Waals surface area contributed by atoms with Gasteiger partial charge in [0.05, 0.1) is 38.6 Å². The number of phenols is 1. The average Bonchev–Trinajstić information content (AvgIpc) is 3.29. The Kier molecular flexibility index (Phi) is 5.24.